The average Bonchev–Trinajstić information content (AvgIpc) is 2.62. The molecule has 1 aliphatic heterocycles. The van der Waals surface area contributed by atoms with E-state index in [9.17, 15) is 4.79 Å². The number of carbonyl (C=O) groups excluding carboxylic acids is 1. The molecule has 23 heavy (non-hydrogen) atoms. The first-order chi connectivity index (χ1) is 11.3. The summed E-state index contributed by atoms with van der Waals surface area (Å²) in [4.78, 5) is 28.8. The molecule has 1 saturated heterocycles. The van der Waals surface area contributed by atoms with E-state index in [4.69, 9.17) is 0 Å². The molecule has 1 fully saturated rings. The van der Waals surface area contributed by atoms with Gasteiger partial charge in [0.15, 0.2) is 0 Å². The standard InChI is InChI=1S/C16H20N6O/c23-15(20-12-14-2-6-17-7-3-14)13-21-8-10-22(11-9-21)16-18-4-1-5-19-16/h1-7H,8-13H2,(H,20,23). The van der Waals surface area contributed by atoms with Crippen LogP contribution in [-0.2, 0) is 11.3 Å². The highest BCUT2D eigenvalue weighted by molar-refractivity contribution is 5.78. The maximum atomic E-state index is 12.0. The van der Waals surface area contributed by atoms with E-state index >= 15 is 0 Å². The minimum atomic E-state index is 0.0474. The van der Waals surface area contributed by atoms with Crippen LogP contribution in [0, 0.1) is 0 Å². The molecule has 2 aromatic heterocycles. The van der Waals surface area contributed by atoms with Crippen molar-refractivity contribution in [1.82, 2.24) is 25.2 Å². The molecule has 0 bridgehead atoms. The predicted molar refractivity (Wildman–Crippen MR) is 86.8 cm³/mol. The SMILES string of the molecule is O=C(CN1CCN(c2ncccn2)CC1)NCc1ccncc1. The molecule has 2 aromatic rings. The number of rotatable bonds is 5. The van der Waals surface area contributed by atoms with Crippen molar-refractivity contribution < 1.29 is 4.79 Å². The highest BCUT2D eigenvalue weighted by Crippen LogP contribution is 2.09. The molecule has 0 saturated carbocycles. The van der Waals surface area contributed by atoms with E-state index in [1.165, 1.54) is 0 Å². The van der Waals surface area contributed by atoms with Gasteiger partial charge in [0.2, 0.25) is 11.9 Å². The maximum Gasteiger partial charge on any atom is 0.234 e. The predicted octanol–water partition coefficient (Wildman–Crippen LogP) is 0.310. The van der Waals surface area contributed by atoms with Gasteiger partial charge in [-0.1, -0.05) is 0 Å². The van der Waals surface area contributed by atoms with Crippen LogP contribution in [-0.4, -0.2) is 58.5 Å². The third-order valence-electron chi connectivity index (χ3n) is 3.81. The number of hydrogen-bond acceptors (Lipinski definition) is 6. The molecule has 7 nitrogen and oxygen atoms in total. The Bertz CT molecular complexity index is 613. The van der Waals surface area contributed by atoms with E-state index in [1.807, 2.05) is 18.2 Å². The number of pyridine rings is 1. The summed E-state index contributed by atoms with van der Waals surface area (Å²) in [5.41, 5.74) is 1.05. The quantitative estimate of drug-likeness (QED) is 0.856. The number of nitrogens with zero attached hydrogens (tertiary/aromatic N) is 5. The van der Waals surface area contributed by atoms with Gasteiger partial charge in [-0.15, -0.1) is 0 Å². The zero-order valence-electron chi connectivity index (χ0n) is 12.9. The normalized spacial score (nSPS) is 15.4. The largest absolute Gasteiger partial charge is 0.351 e. The molecule has 1 N–H and O–H groups in total. The zero-order chi connectivity index (χ0) is 15.9. The summed E-state index contributed by atoms with van der Waals surface area (Å²) in [6, 6.07) is 5.62. The van der Waals surface area contributed by atoms with Crippen LogP contribution in [0.3, 0.4) is 0 Å². The van der Waals surface area contributed by atoms with Gasteiger partial charge in [-0.3, -0.25) is 14.7 Å². The number of carbonyl (C=O) groups is 1. The van der Waals surface area contributed by atoms with E-state index in [-0.39, 0.29) is 5.91 Å². The molecule has 0 spiro atoms. The number of aromatic nitrogens is 3. The molecule has 120 valence electrons. The molecule has 1 amide bonds. The fraction of sp³-hybridized carbons (Fsp3) is 0.375. The lowest BCUT2D eigenvalue weighted by Gasteiger charge is -2.34. The monoisotopic (exact) mass is 312 g/mol. The van der Waals surface area contributed by atoms with Gasteiger partial charge in [-0.05, 0) is 23.8 Å². The van der Waals surface area contributed by atoms with E-state index in [0.29, 0.717) is 13.1 Å². The Kier molecular flexibility index (Phi) is 5.10. The van der Waals surface area contributed by atoms with Crippen molar-refractivity contribution in [3.63, 3.8) is 0 Å². The number of piperazine rings is 1. The molecule has 1 aliphatic rings. The van der Waals surface area contributed by atoms with Crippen molar-refractivity contribution in [2.45, 2.75) is 6.54 Å². The van der Waals surface area contributed by atoms with Crippen LogP contribution < -0.4 is 10.2 Å². The third kappa shape index (κ3) is 4.46. The first-order valence-corrected chi connectivity index (χ1v) is 7.71. The molecular formula is C16H20N6O. The fourth-order valence-electron chi connectivity index (χ4n) is 2.52. The fourth-order valence-corrected chi connectivity index (χ4v) is 2.52. The van der Waals surface area contributed by atoms with Crippen LogP contribution in [0.1, 0.15) is 5.56 Å². The summed E-state index contributed by atoms with van der Waals surface area (Å²) in [6.07, 6.45) is 6.96. The van der Waals surface area contributed by atoms with Crippen molar-refractivity contribution in [2.75, 3.05) is 37.6 Å². The second-order valence-corrected chi connectivity index (χ2v) is 5.44. The summed E-state index contributed by atoms with van der Waals surface area (Å²) in [6.45, 7) is 4.30. The number of amides is 1. The van der Waals surface area contributed by atoms with Crippen molar-refractivity contribution in [3.8, 4) is 0 Å². The van der Waals surface area contributed by atoms with Crippen LogP contribution >= 0.6 is 0 Å². The molecule has 0 atom stereocenters. The lowest BCUT2D eigenvalue weighted by atomic mass is 10.2. The van der Waals surface area contributed by atoms with Gasteiger partial charge in [0, 0.05) is 57.5 Å². The molecule has 3 rings (SSSR count). The molecule has 7 heteroatoms. The molecule has 3 heterocycles. The minimum Gasteiger partial charge on any atom is -0.351 e. The van der Waals surface area contributed by atoms with Gasteiger partial charge in [0.25, 0.3) is 0 Å². The maximum absolute atomic E-state index is 12.0. The summed E-state index contributed by atoms with van der Waals surface area (Å²) >= 11 is 0. The molecular weight excluding hydrogens is 292 g/mol. The van der Waals surface area contributed by atoms with Gasteiger partial charge in [-0.25, -0.2) is 9.97 Å². The highest BCUT2D eigenvalue weighted by Gasteiger charge is 2.20. The van der Waals surface area contributed by atoms with E-state index in [0.717, 1.165) is 37.7 Å². The Morgan fingerprint density at radius 1 is 1.04 bits per heavy atom. The Morgan fingerprint density at radius 3 is 2.43 bits per heavy atom. The average molecular weight is 312 g/mol. The van der Waals surface area contributed by atoms with Crippen LogP contribution in [0.2, 0.25) is 0 Å². The summed E-state index contributed by atoms with van der Waals surface area (Å²) in [5, 5.41) is 2.94. The molecule has 0 unspecified atom stereocenters. The summed E-state index contributed by atoms with van der Waals surface area (Å²) in [7, 11) is 0. The highest BCUT2D eigenvalue weighted by atomic mass is 16.2. The van der Waals surface area contributed by atoms with E-state index in [1.54, 1.807) is 24.8 Å². The van der Waals surface area contributed by atoms with Gasteiger partial charge < -0.3 is 10.2 Å². The van der Waals surface area contributed by atoms with Gasteiger partial charge in [-0.2, -0.15) is 0 Å². The van der Waals surface area contributed by atoms with Crippen LogP contribution in [0.4, 0.5) is 5.95 Å². The second-order valence-electron chi connectivity index (χ2n) is 5.44. The Morgan fingerprint density at radius 2 is 1.74 bits per heavy atom. The van der Waals surface area contributed by atoms with Crippen molar-refractivity contribution in [3.05, 3.63) is 48.5 Å². The van der Waals surface area contributed by atoms with E-state index in [2.05, 4.69) is 30.1 Å². The lowest BCUT2D eigenvalue weighted by molar-refractivity contribution is -0.122. The topological polar surface area (TPSA) is 74.2 Å². The van der Waals surface area contributed by atoms with E-state index < -0.39 is 0 Å². The lowest BCUT2D eigenvalue weighted by Crippen LogP contribution is -2.49. The van der Waals surface area contributed by atoms with Crippen molar-refractivity contribution >= 4 is 11.9 Å². The third-order valence-corrected chi connectivity index (χ3v) is 3.81. The van der Waals surface area contributed by atoms with Crippen molar-refractivity contribution in [1.29, 1.82) is 0 Å². The summed E-state index contributed by atoms with van der Waals surface area (Å²) in [5.74, 6) is 0.806. The van der Waals surface area contributed by atoms with Crippen LogP contribution in [0.25, 0.3) is 0 Å². The number of nitrogens with one attached hydrogen (secondary N) is 1. The number of anilines is 1. The Balaban J connectivity index is 1.41. The van der Waals surface area contributed by atoms with Crippen molar-refractivity contribution in [2.24, 2.45) is 0 Å². The molecule has 0 aliphatic carbocycles. The molecule has 0 radical (unpaired) electrons. The number of hydrogen-bond donors (Lipinski definition) is 1. The smallest absolute Gasteiger partial charge is 0.234 e. The minimum absolute atomic E-state index is 0.0474. The second kappa shape index (κ2) is 7.64. The van der Waals surface area contributed by atoms with Gasteiger partial charge in [0.1, 0.15) is 0 Å². The first-order valence-electron chi connectivity index (χ1n) is 7.71. The molecule has 0 aromatic carbocycles. The Labute approximate surface area is 135 Å². The van der Waals surface area contributed by atoms with Gasteiger partial charge >= 0.3 is 0 Å². The van der Waals surface area contributed by atoms with Crippen LogP contribution in [0.15, 0.2) is 43.0 Å². The zero-order valence-corrected chi connectivity index (χ0v) is 12.9. The summed E-state index contributed by atoms with van der Waals surface area (Å²) < 4.78 is 0. The van der Waals surface area contributed by atoms with Crippen LogP contribution in [0.5, 0.6) is 0 Å². The first kappa shape index (κ1) is 15.4. The van der Waals surface area contributed by atoms with Gasteiger partial charge in [0.05, 0.1) is 6.54 Å². The Hall–Kier alpha value is -2.54.